The summed E-state index contributed by atoms with van der Waals surface area (Å²) in [4.78, 5) is 11.9. The van der Waals surface area contributed by atoms with Gasteiger partial charge in [-0.05, 0) is 57.3 Å². The normalized spacial score (nSPS) is 29.9. The summed E-state index contributed by atoms with van der Waals surface area (Å²) < 4.78 is 5.56. The highest BCUT2D eigenvalue weighted by atomic mass is 16.5. The molecule has 1 amide bonds. The number of ether oxygens (including phenoxy) is 1. The maximum atomic E-state index is 11.9. The van der Waals surface area contributed by atoms with Crippen LogP contribution in [-0.4, -0.2) is 36.4 Å². The zero-order valence-corrected chi connectivity index (χ0v) is 11.2. The van der Waals surface area contributed by atoms with Crippen molar-refractivity contribution in [2.75, 3.05) is 13.2 Å². The highest BCUT2D eigenvalue weighted by Gasteiger charge is 2.26. The minimum atomic E-state index is -0.332. The fraction of sp³-hybridized carbons (Fsp3) is 0.929. The van der Waals surface area contributed by atoms with Gasteiger partial charge in [0, 0.05) is 12.6 Å². The van der Waals surface area contributed by atoms with E-state index in [0.29, 0.717) is 11.8 Å². The van der Waals surface area contributed by atoms with Crippen molar-refractivity contribution in [3.8, 4) is 0 Å². The van der Waals surface area contributed by atoms with E-state index in [0.717, 1.165) is 32.3 Å². The minimum Gasteiger partial charge on any atom is -0.396 e. The van der Waals surface area contributed by atoms with E-state index >= 15 is 0 Å². The van der Waals surface area contributed by atoms with Crippen molar-refractivity contribution in [1.82, 2.24) is 5.32 Å². The van der Waals surface area contributed by atoms with Crippen molar-refractivity contribution in [2.45, 2.75) is 57.6 Å². The SMILES string of the molecule is CC(OCC1CC1)C(=O)NC1CCC(CO)CC1. The number of aliphatic hydroxyl groups is 1. The minimum absolute atomic E-state index is 0.0168. The van der Waals surface area contributed by atoms with Crippen LogP contribution < -0.4 is 5.32 Å². The second-order valence-corrected chi connectivity index (χ2v) is 5.83. The molecule has 2 saturated carbocycles. The van der Waals surface area contributed by atoms with E-state index in [-0.39, 0.29) is 24.7 Å². The van der Waals surface area contributed by atoms with Gasteiger partial charge in [0.15, 0.2) is 0 Å². The number of amides is 1. The first-order valence-electron chi connectivity index (χ1n) is 7.22. The first-order valence-corrected chi connectivity index (χ1v) is 7.22. The molecule has 4 heteroatoms. The monoisotopic (exact) mass is 255 g/mol. The maximum absolute atomic E-state index is 11.9. The molecule has 0 radical (unpaired) electrons. The Morgan fingerprint density at radius 3 is 2.39 bits per heavy atom. The number of carbonyl (C=O) groups is 1. The summed E-state index contributed by atoms with van der Waals surface area (Å²) in [5.74, 6) is 1.14. The summed E-state index contributed by atoms with van der Waals surface area (Å²) in [6.45, 7) is 2.84. The van der Waals surface area contributed by atoms with Crippen LogP contribution >= 0.6 is 0 Å². The summed E-state index contributed by atoms with van der Waals surface area (Å²) >= 11 is 0. The average Bonchev–Trinajstić information content (AvgIpc) is 3.21. The Hall–Kier alpha value is -0.610. The Morgan fingerprint density at radius 1 is 1.22 bits per heavy atom. The van der Waals surface area contributed by atoms with Crippen LogP contribution in [0.3, 0.4) is 0 Å². The van der Waals surface area contributed by atoms with E-state index < -0.39 is 0 Å². The van der Waals surface area contributed by atoms with Crippen molar-refractivity contribution in [2.24, 2.45) is 11.8 Å². The van der Waals surface area contributed by atoms with Gasteiger partial charge in [-0.25, -0.2) is 0 Å². The van der Waals surface area contributed by atoms with Crippen LogP contribution in [0, 0.1) is 11.8 Å². The number of hydrogen-bond acceptors (Lipinski definition) is 3. The van der Waals surface area contributed by atoms with Crippen LogP contribution in [0.5, 0.6) is 0 Å². The van der Waals surface area contributed by atoms with E-state index in [9.17, 15) is 4.79 Å². The third-order valence-electron chi connectivity index (χ3n) is 4.10. The highest BCUT2D eigenvalue weighted by molar-refractivity contribution is 5.80. The van der Waals surface area contributed by atoms with Gasteiger partial charge in [-0.15, -0.1) is 0 Å². The van der Waals surface area contributed by atoms with Gasteiger partial charge in [0.1, 0.15) is 6.10 Å². The molecule has 0 saturated heterocycles. The van der Waals surface area contributed by atoms with E-state index in [4.69, 9.17) is 9.84 Å². The van der Waals surface area contributed by atoms with Crippen LogP contribution in [0.4, 0.5) is 0 Å². The van der Waals surface area contributed by atoms with Gasteiger partial charge in [-0.2, -0.15) is 0 Å². The molecule has 0 heterocycles. The van der Waals surface area contributed by atoms with E-state index in [1.807, 2.05) is 6.92 Å². The lowest BCUT2D eigenvalue weighted by atomic mass is 9.86. The zero-order valence-electron chi connectivity index (χ0n) is 11.2. The number of carbonyl (C=O) groups excluding carboxylic acids is 1. The molecule has 2 aliphatic carbocycles. The van der Waals surface area contributed by atoms with Crippen LogP contribution in [-0.2, 0) is 9.53 Å². The quantitative estimate of drug-likeness (QED) is 0.755. The fourth-order valence-corrected chi connectivity index (χ4v) is 2.45. The molecule has 0 aliphatic heterocycles. The summed E-state index contributed by atoms with van der Waals surface area (Å²) in [5.41, 5.74) is 0. The van der Waals surface area contributed by atoms with Crippen molar-refractivity contribution in [1.29, 1.82) is 0 Å². The Kier molecular flexibility index (Phi) is 5.01. The third-order valence-corrected chi connectivity index (χ3v) is 4.10. The van der Waals surface area contributed by atoms with Gasteiger partial charge >= 0.3 is 0 Å². The molecule has 104 valence electrons. The number of hydrogen-bond donors (Lipinski definition) is 2. The van der Waals surface area contributed by atoms with Gasteiger partial charge in [0.25, 0.3) is 0 Å². The Morgan fingerprint density at radius 2 is 1.83 bits per heavy atom. The zero-order chi connectivity index (χ0) is 13.0. The lowest BCUT2D eigenvalue weighted by molar-refractivity contribution is -0.133. The summed E-state index contributed by atoms with van der Waals surface area (Å²) in [6.07, 6.45) is 6.15. The first kappa shape index (κ1) is 13.8. The molecule has 4 nitrogen and oxygen atoms in total. The molecule has 2 aliphatic rings. The van der Waals surface area contributed by atoms with Gasteiger partial charge in [0.2, 0.25) is 5.91 Å². The highest BCUT2D eigenvalue weighted by Crippen LogP contribution is 2.29. The lowest BCUT2D eigenvalue weighted by Crippen LogP contribution is -2.43. The molecule has 0 aromatic rings. The van der Waals surface area contributed by atoms with Crippen LogP contribution in [0.15, 0.2) is 0 Å². The van der Waals surface area contributed by atoms with Crippen molar-refractivity contribution in [3.63, 3.8) is 0 Å². The molecule has 2 rings (SSSR count). The molecule has 1 unspecified atom stereocenters. The molecule has 18 heavy (non-hydrogen) atoms. The Balaban J connectivity index is 1.63. The fourth-order valence-electron chi connectivity index (χ4n) is 2.45. The van der Waals surface area contributed by atoms with Crippen molar-refractivity contribution in [3.05, 3.63) is 0 Å². The molecule has 0 spiro atoms. The molecule has 0 bridgehead atoms. The molecule has 2 N–H and O–H groups in total. The van der Waals surface area contributed by atoms with Crippen LogP contribution in [0.2, 0.25) is 0 Å². The van der Waals surface area contributed by atoms with Gasteiger partial charge in [0.05, 0.1) is 6.61 Å². The molecule has 2 fully saturated rings. The number of aliphatic hydroxyl groups excluding tert-OH is 1. The van der Waals surface area contributed by atoms with E-state index in [1.54, 1.807) is 0 Å². The predicted molar refractivity (Wildman–Crippen MR) is 69.1 cm³/mol. The molecule has 1 atom stereocenters. The third kappa shape index (κ3) is 4.25. The van der Waals surface area contributed by atoms with Crippen LogP contribution in [0.25, 0.3) is 0 Å². The van der Waals surface area contributed by atoms with Gasteiger partial charge in [-0.3, -0.25) is 4.79 Å². The van der Waals surface area contributed by atoms with Crippen molar-refractivity contribution < 1.29 is 14.6 Å². The lowest BCUT2D eigenvalue weighted by Gasteiger charge is -2.28. The van der Waals surface area contributed by atoms with Gasteiger partial charge in [-0.1, -0.05) is 0 Å². The maximum Gasteiger partial charge on any atom is 0.249 e. The topological polar surface area (TPSA) is 58.6 Å². The summed E-state index contributed by atoms with van der Waals surface area (Å²) in [6, 6.07) is 0.271. The summed E-state index contributed by atoms with van der Waals surface area (Å²) in [7, 11) is 0. The Bertz CT molecular complexity index is 270. The Labute approximate surface area is 109 Å². The molecule has 0 aromatic carbocycles. The van der Waals surface area contributed by atoms with E-state index in [2.05, 4.69) is 5.32 Å². The van der Waals surface area contributed by atoms with Crippen molar-refractivity contribution >= 4 is 5.91 Å². The second-order valence-electron chi connectivity index (χ2n) is 5.83. The second kappa shape index (κ2) is 6.53. The van der Waals surface area contributed by atoms with Crippen LogP contribution in [0.1, 0.15) is 45.4 Å². The van der Waals surface area contributed by atoms with Gasteiger partial charge < -0.3 is 15.2 Å². The largest absolute Gasteiger partial charge is 0.396 e. The predicted octanol–water partition coefficient (Wildman–Crippen LogP) is 1.47. The first-order chi connectivity index (χ1) is 8.69. The smallest absolute Gasteiger partial charge is 0.249 e. The number of rotatable bonds is 6. The molecular weight excluding hydrogens is 230 g/mol. The molecular formula is C14H25NO3. The molecule has 0 aromatic heterocycles. The average molecular weight is 255 g/mol. The van der Waals surface area contributed by atoms with E-state index in [1.165, 1.54) is 12.8 Å². The standard InChI is InChI=1S/C14H25NO3/c1-10(18-9-12-2-3-12)14(17)15-13-6-4-11(8-16)5-7-13/h10-13,16H,2-9H2,1H3,(H,15,17). The number of nitrogens with one attached hydrogen (secondary N) is 1. The summed E-state index contributed by atoms with van der Waals surface area (Å²) in [5, 5.41) is 12.1.